The van der Waals surface area contributed by atoms with E-state index in [0.717, 1.165) is 27.2 Å². The summed E-state index contributed by atoms with van der Waals surface area (Å²) >= 11 is 0. The van der Waals surface area contributed by atoms with E-state index in [1.165, 1.54) is 14.0 Å². The van der Waals surface area contributed by atoms with Crippen molar-refractivity contribution in [1.29, 1.82) is 0 Å². The van der Waals surface area contributed by atoms with Gasteiger partial charge < -0.3 is 14.6 Å². The van der Waals surface area contributed by atoms with Gasteiger partial charge in [-0.15, -0.1) is 0 Å². The molecule has 1 amide bonds. The van der Waals surface area contributed by atoms with E-state index >= 15 is 0 Å². The molecule has 0 fully saturated rings. The highest BCUT2D eigenvalue weighted by molar-refractivity contribution is 5.82. The maximum Gasteiger partial charge on any atom is 0.410 e. The van der Waals surface area contributed by atoms with Gasteiger partial charge in [-0.3, -0.25) is 4.90 Å². The number of aliphatic hydroxyl groups excluding tert-OH is 1. The minimum absolute atomic E-state index is 0.0822. The molecule has 160 valence electrons. The summed E-state index contributed by atoms with van der Waals surface area (Å²) in [6.45, 7) is 6.78. The summed E-state index contributed by atoms with van der Waals surface area (Å²) in [7, 11) is 1.43. The maximum atomic E-state index is 12.7. The smallest absolute Gasteiger partial charge is 0.410 e. The van der Waals surface area contributed by atoms with Crippen LogP contribution in [0.4, 0.5) is 4.79 Å². The minimum atomic E-state index is -1.15. The first-order chi connectivity index (χ1) is 14.1. The van der Waals surface area contributed by atoms with Crippen molar-refractivity contribution in [1.82, 2.24) is 4.90 Å². The largest absolute Gasteiger partial charge is 0.458 e. The third-order valence-corrected chi connectivity index (χ3v) is 5.15. The van der Waals surface area contributed by atoms with Gasteiger partial charge in [-0.25, -0.2) is 9.59 Å². The van der Waals surface area contributed by atoms with E-state index in [4.69, 9.17) is 9.47 Å². The number of hydrogen-bond acceptors (Lipinski definition) is 5. The van der Waals surface area contributed by atoms with Crippen molar-refractivity contribution in [2.75, 3.05) is 13.7 Å². The zero-order valence-electron chi connectivity index (χ0n) is 18.1. The first kappa shape index (κ1) is 21.8. The van der Waals surface area contributed by atoms with E-state index in [-0.39, 0.29) is 12.5 Å². The number of benzene rings is 2. The zero-order chi connectivity index (χ0) is 22.1. The number of nitrogens with zero attached hydrogens (tertiary/aromatic N) is 1. The highest BCUT2D eigenvalue weighted by Crippen LogP contribution is 2.44. The van der Waals surface area contributed by atoms with Crippen molar-refractivity contribution in [3.8, 4) is 11.1 Å². The predicted molar refractivity (Wildman–Crippen MR) is 114 cm³/mol. The summed E-state index contributed by atoms with van der Waals surface area (Å²) in [6.07, 6.45) is -1.79. The van der Waals surface area contributed by atoms with Gasteiger partial charge in [0.05, 0.1) is 6.10 Å². The summed E-state index contributed by atoms with van der Waals surface area (Å²) in [5, 5.41) is 10.1. The van der Waals surface area contributed by atoms with Gasteiger partial charge in [0.15, 0.2) is 6.04 Å². The van der Waals surface area contributed by atoms with Gasteiger partial charge in [-0.05, 0) is 49.9 Å². The van der Waals surface area contributed by atoms with Crippen LogP contribution in [0, 0.1) is 0 Å². The predicted octanol–water partition coefficient (Wildman–Crippen LogP) is 3.96. The lowest BCUT2D eigenvalue weighted by Crippen LogP contribution is -2.51. The van der Waals surface area contributed by atoms with Gasteiger partial charge in [-0.2, -0.15) is 0 Å². The normalized spacial score (nSPS) is 15.0. The average Bonchev–Trinajstić information content (AvgIpc) is 2.98. The van der Waals surface area contributed by atoms with Crippen LogP contribution in [0.15, 0.2) is 48.5 Å². The van der Waals surface area contributed by atoms with Crippen LogP contribution in [-0.2, 0) is 14.3 Å². The number of carbonyl (C=O) groups is 2. The number of fused-ring (bicyclic) bond motifs is 3. The van der Waals surface area contributed by atoms with Crippen LogP contribution in [0.3, 0.4) is 0 Å². The standard InChI is InChI=1S/C24H29NO5/c1-15(26)21(22(27)30-24(2,3)4)25(5)23(28)29-14-20-18-12-8-6-10-16(18)17-11-7-9-13-19(17)20/h6-13,15,20-21,26H,14H2,1-5H3/t15-,21-/m1/s1. The van der Waals surface area contributed by atoms with E-state index in [2.05, 4.69) is 12.1 Å². The zero-order valence-corrected chi connectivity index (χ0v) is 18.1. The molecule has 30 heavy (non-hydrogen) atoms. The fraction of sp³-hybridized carbons (Fsp3) is 0.417. The maximum absolute atomic E-state index is 12.7. The molecule has 6 nitrogen and oxygen atoms in total. The van der Waals surface area contributed by atoms with Crippen molar-refractivity contribution in [2.45, 2.75) is 51.4 Å². The Balaban J connectivity index is 1.74. The third-order valence-electron chi connectivity index (χ3n) is 5.15. The van der Waals surface area contributed by atoms with Crippen LogP contribution in [0.2, 0.25) is 0 Å². The molecule has 0 saturated carbocycles. The fourth-order valence-corrected chi connectivity index (χ4v) is 3.85. The molecular weight excluding hydrogens is 382 g/mol. The Labute approximate surface area is 177 Å². The summed E-state index contributed by atoms with van der Waals surface area (Å²) in [4.78, 5) is 26.3. The second-order valence-electron chi connectivity index (χ2n) is 8.63. The van der Waals surface area contributed by atoms with Crippen molar-refractivity contribution in [3.63, 3.8) is 0 Å². The van der Waals surface area contributed by atoms with Gasteiger partial charge in [-0.1, -0.05) is 48.5 Å². The quantitative estimate of drug-likeness (QED) is 0.754. The van der Waals surface area contributed by atoms with Crippen LogP contribution < -0.4 is 0 Å². The lowest BCUT2D eigenvalue weighted by Gasteiger charge is -2.31. The first-order valence-electron chi connectivity index (χ1n) is 10.1. The number of likely N-dealkylation sites (N-methyl/N-ethyl adjacent to an activating group) is 1. The third kappa shape index (κ3) is 4.49. The number of aliphatic hydroxyl groups is 1. The van der Waals surface area contributed by atoms with Crippen LogP contribution in [0.5, 0.6) is 0 Å². The topological polar surface area (TPSA) is 76.1 Å². The number of esters is 1. The molecule has 0 bridgehead atoms. The van der Waals surface area contributed by atoms with Gasteiger partial charge in [0.2, 0.25) is 0 Å². The summed E-state index contributed by atoms with van der Waals surface area (Å²) in [5.41, 5.74) is 3.75. The van der Waals surface area contributed by atoms with Crippen molar-refractivity contribution >= 4 is 12.1 Å². The van der Waals surface area contributed by atoms with E-state index in [1.54, 1.807) is 20.8 Å². The van der Waals surface area contributed by atoms with Crippen molar-refractivity contribution < 1.29 is 24.2 Å². The molecule has 1 aliphatic carbocycles. The summed E-state index contributed by atoms with van der Waals surface area (Å²) in [5.74, 6) is -0.755. The molecule has 0 aliphatic heterocycles. The van der Waals surface area contributed by atoms with Gasteiger partial charge >= 0.3 is 12.1 Å². The Bertz CT molecular complexity index is 886. The van der Waals surface area contributed by atoms with Crippen LogP contribution >= 0.6 is 0 Å². The molecule has 0 heterocycles. The Hall–Kier alpha value is -2.86. The SMILES string of the molecule is C[C@@H](O)[C@H](C(=O)OC(C)(C)C)N(C)C(=O)OCC1c2ccccc2-c2ccccc21. The van der Waals surface area contributed by atoms with E-state index in [0.29, 0.717) is 0 Å². The minimum Gasteiger partial charge on any atom is -0.458 e. The Kier molecular flexibility index (Phi) is 6.17. The second kappa shape index (κ2) is 8.48. The fourth-order valence-electron chi connectivity index (χ4n) is 3.85. The summed E-state index contributed by atoms with van der Waals surface area (Å²) < 4.78 is 10.9. The van der Waals surface area contributed by atoms with Crippen molar-refractivity contribution in [2.24, 2.45) is 0 Å². The number of carbonyl (C=O) groups excluding carboxylic acids is 2. The monoisotopic (exact) mass is 411 g/mol. The Morgan fingerprint density at radius 2 is 1.53 bits per heavy atom. The number of ether oxygens (including phenoxy) is 2. The highest BCUT2D eigenvalue weighted by atomic mass is 16.6. The molecule has 0 radical (unpaired) electrons. The van der Waals surface area contributed by atoms with Gasteiger partial charge in [0, 0.05) is 13.0 Å². The molecule has 6 heteroatoms. The van der Waals surface area contributed by atoms with E-state index < -0.39 is 29.8 Å². The second-order valence-corrected chi connectivity index (χ2v) is 8.63. The number of amides is 1. The van der Waals surface area contributed by atoms with E-state index in [1.807, 2.05) is 36.4 Å². The molecule has 1 aliphatic rings. The first-order valence-corrected chi connectivity index (χ1v) is 10.1. The number of rotatable bonds is 5. The van der Waals surface area contributed by atoms with E-state index in [9.17, 15) is 14.7 Å². The highest BCUT2D eigenvalue weighted by Gasteiger charge is 2.36. The van der Waals surface area contributed by atoms with Crippen LogP contribution in [-0.4, -0.2) is 53.5 Å². The molecule has 0 aromatic heterocycles. The van der Waals surface area contributed by atoms with Crippen LogP contribution in [0.25, 0.3) is 11.1 Å². The lowest BCUT2D eigenvalue weighted by atomic mass is 9.98. The Morgan fingerprint density at radius 1 is 1.03 bits per heavy atom. The van der Waals surface area contributed by atoms with Crippen molar-refractivity contribution in [3.05, 3.63) is 59.7 Å². The molecule has 0 saturated heterocycles. The molecule has 2 atom stereocenters. The molecule has 1 N–H and O–H groups in total. The molecular formula is C24H29NO5. The molecule has 0 unspecified atom stereocenters. The lowest BCUT2D eigenvalue weighted by molar-refractivity contribution is -0.164. The van der Waals surface area contributed by atoms with Gasteiger partial charge in [0.1, 0.15) is 12.2 Å². The Morgan fingerprint density at radius 3 is 2.00 bits per heavy atom. The molecule has 0 spiro atoms. The molecule has 2 aromatic rings. The van der Waals surface area contributed by atoms with Gasteiger partial charge in [0.25, 0.3) is 0 Å². The average molecular weight is 411 g/mol. The summed E-state index contributed by atoms with van der Waals surface area (Å²) in [6, 6.07) is 15.0. The molecule has 3 rings (SSSR count). The van der Waals surface area contributed by atoms with Crippen LogP contribution in [0.1, 0.15) is 44.7 Å². The number of hydrogen-bond donors (Lipinski definition) is 1. The molecule has 2 aromatic carbocycles.